The molecule has 0 saturated carbocycles. The largest absolute Gasteiger partial charge is 0.238 e. The van der Waals surface area contributed by atoms with E-state index in [9.17, 15) is 17.6 Å². The van der Waals surface area contributed by atoms with Crippen molar-refractivity contribution in [1.82, 2.24) is 0 Å². The van der Waals surface area contributed by atoms with E-state index in [0.29, 0.717) is 0 Å². The summed E-state index contributed by atoms with van der Waals surface area (Å²) in [5.74, 6) is 0. The van der Waals surface area contributed by atoms with E-state index in [1.54, 1.807) is 0 Å². The third-order valence-electron chi connectivity index (χ3n) is 1.09. The molecule has 0 fully saturated rings. The number of hydrogen-bond acceptors (Lipinski definition) is 0. The zero-order valence-corrected chi connectivity index (χ0v) is 5.49. The van der Waals surface area contributed by atoms with Gasteiger partial charge in [0.15, 0.2) is 0 Å². The Bertz CT molecular complexity index is 62.1. The Kier molecular flexibility index (Phi) is 5.35. The second-order valence-electron chi connectivity index (χ2n) is 2.07. The Morgan fingerprint density at radius 3 is 1.20 bits per heavy atom. The second kappa shape index (κ2) is 5.50. The molecule has 0 aromatic heterocycles. The number of unbranched alkanes of at least 4 members (excludes halogenated alkanes) is 1. The highest BCUT2D eigenvalue weighted by atomic mass is 19.3. The summed E-state index contributed by atoms with van der Waals surface area (Å²) in [6.45, 7) is 0. The lowest BCUT2D eigenvalue weighted by atomic mass is 10.2. The number of alkyl halides is 4. The zero-order valence-electron chi connectivity index (χ0n) is 5.49. The minimum atomic E-state index is -2.35. The van der Waals surface area contributed by atoms with Crippen molar-refractivity contribution in [2.24, 2.45) is 0 Å². The van der Waals surface area contributed by atoms with Gasteiger partial charge in [0, 0.05) is 12.8 Å². The van der Waals surface area contributed by atoms with Gasteiger partial charge in [-0.25, -0.2) is 17.6 Å². The lowest BCUT2D eigenvalue weighted by Crippen LogP contribution is -1.93. The van der Waals surface area contributed by atoms with Crippen molar-refractivity contribution >= 4 is 0 Å². The van der Waals surface area contributed by atoms with Gasteiger partial charge in [-0.2, -0.15) is 0 Å². The molecule has 0 nitrogen and oxygen atoms in total. The van der Waals surface area contributed by atoms with E-state index in [0.717, 1.165) is 0 Å². The predicted octanol–water partition coefficient (Wildman–Crippen LogP) is 3.08. The van der Waals surface area contributed by atoms with Crippen LogP contribution in [0.4, 0.5) is 17.6 Å². The molecule has 0 N–H and O–H groups in total. The first-order valence-electron chi connectivity index (χ1n) is 3.19. The van der Waals surface area contributed by atoms with Crippen LogP contribution in [0.5, 0.6) is 0 Å². The van der Waals surface area contributed by atoms with Crippen LogP contribution >= 0.6 is 0 Å². The zero-order chi connectivity index (χ0) is 7.98. The fourth-order valence-corrected chi connectivity index (χ4v) is 0.597. The van der Waals surface area contributed by atoms with Crippen molar-refractivity contribution in [3.05, 3.63) is 0 Å². The molecule has 0 saturated heterocycles. The third-order valence-corrected chi connectivity index (χ3v) is 1.09. The van der Waals surface area contributed by atoms with E-state index in [1.165, 1.54) is 0 Å². The summed E-state index contributed by atoms with van der Waals surface area (Å²) in [7, 11) is 0. The van der Waals surface area contributed by atoms with Crippen molar-refractivity contribution in [3.8, 4) is 0 Å². The first-order valence-corrected chi connectivity index (χ1v) is 3.19. The van der Waals surface area contributed by atoms with Crippen molar-refractivity contribution < 1.29 is 17.6 Å². The lowest BCUT2D eigenvalue weighted by Gasteiger charge is -1.98. The summed E-state index contributed by atoms with van der Waals surface area (Å²) in [6, 6.07) is 0. The Morgan fingerprint density at radius 1 is 0.700 bits per heavy atom. The molecule has 0 bridgehead atoms. The quantitative estimate of drug-likeness (QED) is 0.426. The van der Waals surface area contributed by atoms with Crippen LogP contribution in [-0.4, -0.2) is 12.9 Å². The highest BCUT2D eigenvalue weighted by Gasteiger charge is 2.04. The summed E-state index contributed by atoms with van der Waals surface area (Å²) in [6.07, 6.45) is -4.82. The van der Waals surface area contributed by atoms with Gasteiger partial charge in [-0.3, -0.25) is 0 Å². The molecule has 0 atom stereocenters. The monoisotopic (exact) mass is 158 g/mol. The van der Waals surface area contributed by atoms with Crippen LogP contribution in [0.3, 0.4) is 0 Å². The van der Waals surface area contributed by atoms with Crippen molar-refractivity contribution in [2.75, 3.05) is 0 Å². The van der Waals surface area contributed by atoms with Crippen molar-refractivity contribution in [1.29, 1.82) is 0 Å². The van der Waals surface area contributed by atoms with Crippen LogP contribution in [0.25, 0.3) is 0 Å². The first kappa shape index (κ1) is 9.72. The van der Waals surface area contributed by atoms with E-state index >= 15 is 0 Å². The molecular weight excluding hydrogens is 148 g/mol. The highest BCUT2D eigenvalue weighted by Crippen LogP contribution is 2.10. The highest BCUT2D eigenvalue weighted by molar-refractivity contribution is 4.46. The second-order valence-corrected chi connectivity index (χ2v) is 2.07. The van der Waals surface area contributed by atoms with E-state index in [1.807, 2.05) is 0 Å². The van der Waals surface area contributed by atoms with Gasteiger partial charge in [0.25, 0.3) is 0 Å². The maximum Gasteiger partial charge on any atom is 0.238 e. The average molecular weight is 158 g/mol. The van der Waals surface area contributed by atoms with Crippen molar-refractivity contribution in [2.45, 2.75) is 38.5 Å². The van der Waals surface area contributed by atoms with Crippen LogP contribution < -0.4 is 0 Å². The minimum Gasteiger partial charge on any atom is -0.211 e. The molecule has 0 spiro atoms. The van der Waals surface area contributed by atoms with E-state index in [2.05, 4.69) is 0 Å². The van der Waals surface area contributed by atoms with Gasteiger partial charge < -0.3 is 0 Å². The molecule has 0 heterocycles. The van der Waals surface area contributed by atoms with E-state index in [4.69, 9.17) is 0 Å². The minimum absolute atomic E-state index is 0.196. The van der Waals surface area contributed by atoms with Gasteiger partial charge in [0.05, 0.1) is 0 Å². The molecule has 0 unspecified atom stereocenters. The summed E-state index contributed by atoms with van der Waals surface area (Å²) >= 11 is 0. The van der Waals surface area contributed by atoms with Gasteiger partial charge in [-0.1, -0.05) is 0 Å². The molecule has 4 heteroatoms. The number of rotatable bonds is 5. The molecule has 10 heavy (non-hydrogen) atoms. The maximum absolute atomic E-state index is 11.4. The summed E-state index contributed by atoms with van der Waals surface area (Å²) < 4.78 is 45.5. The molecule has 0 aromatic carbocycles. The molecule has 62 valence electrons. The normalized spacial score (nSPS) is 11.4. The fourth-order valence-electron chi connectivity index (χ4n) is 0.597. The molecule has 0 amide bonds. The number of halogens is 4. The van der Waals surface area contributed by atoms with Gasteiger partial charge in [-0.15, -0.1) is 0 Å². The molecule has 0 radical (unpaired) electrons. The lowest BCUT2D eigenvalue weighted by molar-refractivity contribution is 0.116. The predicted molar refractivity (Wildman–Crippen MR) is 30.5 cm³/mol. The summed E-state index contributed by atoms with van der Waals surface area (Å²) in [5.41, 5.74) is 0. The molecule has 0 aliphatic heterocycles. The fraction of sp³-hybridized carbons (Fsp3) is 1.00. The van der Waals surface area contributed by atoms with Gasteiger partial charge >= 0.3 is 0 Å². The molecule has 0 rings (SSSR count). The Hall–Kier alpha value is -0.280. The summed E-state index contributed by atoms with van der Waals surface area (Å²) in [4.78, 5) is 0. The van der Waals surface area contributed by atoms with Crippen LogP contribution in [0.15, 0.2) is 0 Å². The molecule has 0 aliphatic rings. The van der Waals surface area contributed by atoms with Gasteiger partial charge in [-0.05, 0) is 12.8 Å². The summed E-state index contributed by atoms with van der Waals surface area (Å²) in [5, 5.41) is 0. The Morgan fingerprint density at radius 2 is 1.00 bits per heavy atom. The van der Waals surface area contributed by atoms with Crippen LogP contribution in [0.2, 0.25) is 0 Å². The SMILES string of the molecule is FC(F)CCCCC(F)F. The van der Waals surface area contributed by atoms with Crippen LogP contribution in [0, 0.1) is 0 Å². The van der Waals surface area contributed by atoms with Gasteiger partial charge in [0.1, 0.15) is 0 Å². The van der Waals surface area contributed by atoms with Crippen molar-refractivity contribution in [3.63, 3.8) is 0 Å². The molecule has 0 aliphatic carbocycles. The first-order chi connectivity index (χ1) is 4.63. The standard InChI is InChI=1S/C6H10F4/c7-5(8)3-1-2-4-6(9)10/h5-6H,1-4H2. The Balaban J connectivity index is 2.91. The topological polar surface area (TPSA) is 0 Å². The number of hydrogen-bond donors (Lipinski definition) is 0. The Labute approximate surface area is 57.2 Å². The average Bonchev–Trinajstić information content (AvgIpc) is 1.79. The van der Waals surface area contributed by atoms with Crippen LogP contribution in [0.1, 0.15) is 25.7 Å². The maximum atomic E-state index is 11.4. The van der Waals surface area contributed by atoms with E-state index in [-0.39, 0.29) is 25.7 Å². The molecule has 0 aromatic rings. The van der Waals surface area contributed by atoms with Crippen LogP contribution in [-0.2, 0) is 0 Å². The van der Waals surface area contributed by atoms with Gasteiger partial charge in [0.2, 0.25) is 12.9 Å². The smallest absolute Gasteiger partial charge is 0.211 e. The van der Waals surface area contributed by atoms with E-state index < -0.39 is 12.9 Å². The third kappa shape index (κ3) is 7.72. The molecular formula is C6H10F4.